The number of nitrogens with one attached hydrogen (secondary N) is 1. The number of para-hydroxylation sites is 1. The maximum Gasteiger partial charge on any atom is 0.416 e. The van der Waals surface area contributed by atoms with Crippen LogP contribution in [0.2, 0.25) is 0 Å². The average molecular weight is 423 g/mol. The molecule has 1 unspecified atom stereocenters. The number of benzodiazepines with no additional fused rings is 1. The Morgan fingerprint density at radius 3 is 2.32 bits per heavy atom. The number of halogens is 3. The molecule has 0 aromatic heterocycles. The molecule has 1 aliphatic rings. The number of primary amides is 1. The SMILES string of the molecule is NC(=O)c1ccc(C(F)(F)F)cc1C1N=C(c2ccccc2)c2ccccc2NC1=O. The first-order chi connectivity index (χ1) is 14.8. The van der Waals surface area contributed by atoms with Gasteiger partial charge in [-0.05, 0) is 29.8 Å². The Hall–Kier alpha value is -3.94. The molecule has 0 aliphatic carbocycles. The molecule has 0 radical (unpaired) electrons. The summed E-state index contributed by atoms with van der Waals surface area (Å²) in [6.45, 7) is 0. The quantitative estimate of drug-likeness (QED) is 0.657. The smallest absolute Gasteiger partial charge is 0.366 e. The molecule has 2 amide bonds. The lowest BCUT2D eigenvalue weighted by atomic mass is 9.96. The minimum atomic E-state index is -4.67. The average Bonchev–Trinajstić information content (AvgIpc) is 2.89. The van der Waals surface area contributed by atoms with Crippen molar-refractivity contribution < 1.29 is 22.8 Å². The maximum absolute atomic E-state index is 13.3. The van der Waals surface area contributed by atoms with Crippen LogP contribution < -0.4 is 11.1 Å². The van der Waals surface area contributed by atoms with E-state index >= 15 is 0 Å². The molecular formula is C23H16F3N3O2. The largest absolute Gasteiger partial charge is 0.416 e. The number of benzene rings is 3. The van der Waals surface area contributed by atoms with Crippen molar-refractivity contribution in [2.45, 2.75) is 12.2 Å². The highest BCUT2D eigenvalue weighted by molar-refractivity contribution is 6.20. The highest BCUT2D eigenvalue weighted by atomic mass is 19.4. The Morgan fingerprint density at radius 2 is 1.65 bits per heavy atom. The Kier molecular flexibility index (Phi) is 5.06. The molecule has 4 rings (SSSR count). The van der Waals surface area contributed by atoms with Gasteiger partial charge in [0.2, 0.25) is 5.91 Å². The topological polar surface area (TPSA) is 84.6 Å². The number of fused-ring (bicyclic) bond motifs is 1. The summed E-state index contributed by atoms with van der Waals surface area (Å²) in [5.74, 6) is -1.62. The molecule has 3 N–H and O–H groups in total. The molecule has 1 aliphatic heterocycles. The van der Waals surface area contributed by atoms with Gasteiger partial charge in [0.1, 0.15) is 0 Å². The van der Waals surface area contributed by atoms with E-state index in [9.17, 15) is 22.8 Å². The number of hydrogen-bond donors (Lipinski definition) is 2. The van der Waals surface area contributed by atoms with Crippen LogP contribution in [-0.2, 0) is 11.0 Å². The molecule has 0 bridgehead atoms. The van der Waals surface area contributed by atoms with E-state index < -0.39 is 29.6 Å². The first-order valence-electron chi connectivity index (χ1n) is 9.30. The summed E-state index contributed by atoms with van der Waals surface area (Å²) < 4.78 is 40.0. The van der Waals surface area contributed by atoms with Crippen molar-refractivity contribution in [3.05, 3.63) is 101 Å². The standard InChI is InChI=1S/C23H16F3N3O2/c24-23(25,26)14-10-11-15(21(27)30)17(12-14)20-22(31)28-18-9-5-4-8-16(18)19(29-20)13-6-2-1-3-7-13/h1-12,20H,(H2,27,30)(H,28,31). The van der Waals surface area contributed by atoms with Gasteiger partial charge in [-0.3, -0.25) is 14.6 Å². The fraction of sp³-hybridized carbons (Fsp3) is 0.0870. The van der Waals surface area contributed by atoms with Gasteiger partial charge in [-0.15, -0.1) is 0 Å². The van der Waals surface area contributed by atoms with Crippen molar-refractivity contribution in [3.63, 3.8) is 0 Å². The number of rotatable bonds is 3. The van der Waals surface area contributed by atoms with Crippen LogP contribution in [0.5, 0.6) is 0 Å². The van der Waals surface area contributed by atoms with E-state index in [0.29, 0.717) is 22.5 Å². The summed E-state index contributed by atoms with van der Waals surface area (Å²) in [4.78, 5) is 29.5. The first kappa shape index (κ1) is 20.3. The molecule has 0 saturated carbocycles. The molecule has 156 valence electrons. The summed E-state index contributed by atoms with van der Waals surface area (Å²) in [7, 11) is 0. The van der Waals surface area contributed by atoms with Gasteiger partial charge in [-0.25, -0.2) is 0 Å². The molecule has 0 saturated heterocycles. The zero-order valence-corrected chi connectivity index (χ0v) is 16.0. The summed E-state index contributed by atoms with van der Waals surface area (Å²) in [6, 6.07) is 16.9. The van der Waals surface area contributed by atoms with Crippen molar-refractivity contribution >= 4 is 23.2 Å². The van der Waals surface area contributed by atoms with Crippen LogP contribution in [0.3, 0.4) is 0 Å². The molecule has 1 heterocycles. The third-order valence-electron chi connectivity index (χ3n) is 4.93. The van der Waals surface area contributed by atoms with E-state index in [1.807, 2.05) is 6.07 Å². The van der Waals surface area contributed by atoms with E-state index in [4.69, 9.17) is 5.73 Å². The molecule has 0 fully saturated rings. The second-order valence-electron chi connectivity index (χ2n) is 6.95. The number of carbonyl (C=O) groups excluding carboxylic acids is 2. The lowest BCUT2D eigenvalue weighted by Crippen LogP contribution is -2.23. The van der Waals surface area contributed by atoms with Gasteiger partial charge >= 0.3 is 6.18 Å². The highest BCUT2D eigenvalue weighted by Gasteiger charge is 2.35. The van der Waals surface area contributed by atoms with Gasteiger partial charge in [-0.2, -0.15) is 13.2 Å². The van der Waals surface area contributed by atoms with Crippen molar-refractivity contribution in [3.8, 4) is 0 Å². The van der Waals surface area contributed by atoms with Gasteiger partial charge in [-0.1, -0.05) is 48.5 Å². The van der Waals surface area contributed by atoms with Crippen LogP contribution in [-0.4, -0.2) is 17.5 Å². The summed E-state index contributed by atoms with van der Waals surface area (Å²) in [5, 5.41) is 2.71. The number of nitrogens with two attached hydrogens (primary N) is 1. The van der Waals surface area contributed by atoms with Crippen molar-refractivity contribution in [1.29, 1.82) is 0 Å². The predicted octanol–water partition coefficient (Wildman–Crippen LogP) is 4.34. The summed E-state index contributed by atoms with van der Waals surface area (Å²) in [5.41, 5.74) is 6.14. The highest BCUT2D eigenvalue weighted by Crippen LogP contribution is 2.35. The molecule has 3 aromatic rings. The predicted molar refractivity (Wildman–Crippen MR) is 110 cm³/mol. The van der Waals surface area contributed by atoms with Crippen molar-refractivity contribution in [2.24, 2.45) is 10.7 Å². The normalized spacial score (nSPS) is 16.0. The van der Waals surface area contributed by atoms with E-state index in [1.54, 1.807) is 48.5 Å². The minimum absolute atomic E-state index is 0.199. The number of alkyl halides is 3. The number of carbonyl (C=O) groups is 2. The summed E-state index contributed by atoms with van der Waals surface area (Å²) >= 11 is 0. The van der Waals surface area contributed by atoms with E-state index in [2.05, 4.69) is 10.3 Å². The Balaban J connectivity index is 1.97. The monoisotopic (exact) mass is 423 g/mol. The molecule has 1 atom stereocenters. The van der Waals surface area contributed by atoms with Crippen LogP contribution in [0, 0.1) is 0 Å². The van der Waals surface area contributed by atoms with Crippen LogP contribution in [0.4, 0.5) is 18.9 Å². The van der Waals surface area contributed by atoms with Crippen molar-refractivity contribution in [2.75, 3.05) is 5.32 Å². The Labute approximate surface area is 175 Å². The maximum atomic E-state index is 13.3. The third-order valence-corrected chi connectivity index (χ3v) is 4.93. The van der Waals surface area contributed by atoms with Crippen LogP contribution >= 0.6 is 0 Å². The number of anilines is 1. The second-order valence-corrected chi connectivity index (χ2v) is 6.95. The van der Waals surface area contributed by atoms with Gasteiger partial charge < -0.3 is 11.1 Å². The Bertz CT molecular complexity index is 1200. The minimum Gasteiger partial charge on any atom is -0.366 e. The number of nitrogens with zero attached hydrogens (tertiary/aromatic N) is 1. The molecular weight excluding hydrogens is 407 g/mol. The van der Waals surface area contributed by atoms with Gasteiger partial charge in [0, 0.05) is 16.7 Å². The fourth-order valence-corrected chi connectivity index (χ4v) is 3.48. The fourth-order valence-electron chi connectivity index (χ4n) is 3.48. The van der Waals surface area contributed by atoms with Crippen LogP contribution in [0.15, 0.2) is 77.8 Å². The number of aliphatic imine (C=N–C) groups is 1. The Morgan fingerprint density at radius 1 is 0.968 bits per heavy atom. The van der Waals surface area contributed by atoms with E-state index in [1.165, 1.54) is 0 Å². The lowest BCUT2D eigenvalue weighted by Gasteiger charge is -2.17. The van der Waals surface area contributed by atoms with E-state index in [-0.39, 0.29) is 11.1 Å². The van der Waals surface area contributed by atoms with Gasteiger partial charge in [0.15, 0.2) is 6.04 Å². The van der Waals surface area contributed by atoms with Crippen LogP contribution in [0.25, 0.3) is 0 Å². The zero-order valence-electron chi connectivity index (χ0n) is 16.0. The number of amides is 2. The molecule has 8 heteroatoms. The third kappa shape index (κ3) is 3.92. The molecule has 31 heavy (non-hydrogen) atoms. The van der Waals surface area contributed by atoms with Gasteiger partial charge in [0.05, 0.1) is 17.0 Å². The lowest BCUT2D eigenvalue weighted by molar-refractivity contribution is -0.137. The summed E-state index contributed by atoms with van der Waals surface area (Å²) in [6.07, 6.45) is -4.67. The van der Waals surface area contributed by atoms with Crippen LogP contribution in [0.1, 0.15) is 38.7 Å². The number of hydrogen-bond acceptors (Lipinski definition) is 3. The molecule has 3 aromatic carbocycles. The first-order valence-corrected chi connectivity index (χ1v) is 9.30. The van der Waals surface area contributed by atoms with Gasteiger partial charge in [0.25, 0.3) is 5.91 Å². The zero-order chi connectivity index (χ0) is 22.2. The molecule has 0 spiro atoms. The van der Waals surface area contributed by atoms with E-state index in [0.717, 1.165) is 18.2 Å². The second kappa shape index (κ2) is 7.71. The molecule has 5 nitrogen and oxygen atoms in total. The van der Waals surface area contributed by atoms with Crippen molar-refractivity contribution in [1.82, 2.24) is 0 Å².